The van der Waals surface area contributed by atoms with E-state index in [1.807, 2.05) is 19.1 Å². The van der Waals surface area contributed by atoms with Gasteiger partial charge in [0.1, 0.15) is 6.10 Å². The largest absolute Gasteiger partial charge is 0.455 e. The van der Waals surface area contributed by atoms with Crippen molar-refractivity contribution in [2.24, 2.45) is 0 Å². The number of hydrogen-bond donors (Lipinski definition) is 0. The first-order valence-electron chi connectivity index (χ1n) is 5.83. The first-order valence-corrected chi connectivity index (χ1v) is 5.83. The van der Waals surface area contributed by atoms with Crippen LogP contribution in [-0.4, -0.2) is 12.1 Å². The van der Waals surface area contributed by atoms with Crippen LogP contribution < -0.4 is 0 Å². The second-order valence-electron chi connectivity index (χ2n) is 3.98. The molecule has 0 amide bonds. The zero-order chi connectivity index (χ0) is 11.1. The number of allylic oxidation sites excluding steroid dienone is 1. The third kappa shape index (κ3) is 4.32. The molecule has 1 aliphatic heterocycles. The van der Waals surface area contributed by atoms with Crippen molar-refractivity contribution in [2.45, 2.75) is 52.1 Å². The number of carbonyl (C=O) groups is 1. The van der Waals surface area contributed by atoms with E-state index in [0.29, 0.717) is 5.57 Å². The molecule has 0 bridgehead atoms. The fraction of sp³-hybridized carbons (Fsp3) is 0.615. The van der Waals surface area contributed by atoms with Crippen LogP contribution in [-0.2, 0) is 9.53 Å². The highest BCUT2D eigenvalue weighted by atomic mass is 16.5. The molecule has 0 aromatic rings. The Balaban J connectivity index is 2.20. The maximum absolute atomic E-state index is 11.2. The summed E-state index contributed by atoms with van der Waals surface area (Å²) < 4.78 is 4.99. The fourth-order valence-electron chi connectivity index (χ4n) is 1.61. The van der Waals surface area contributed by atoms with Gasteiger partial charge in [-0.3, -0.25) is 0 Å². The molecule has 0 fully saturated rings. The van der Waals surface area contributed by atoms with Crippen LogP contribution in [0.4, 0.5) is 0 Å². The van der Waals surface area contributed by atoms with Gasteiger partial charge < -0.3 is 4.74 Å². The summed E-state index contributed by atoms with van der Waals surface area (Å²) in [6, 6.07) is 0. The third-order valence-electron chi connectivity index (χ3n) is 2.46. The lowest BCUT2D eigenvalue weighted by atomic mass is 10.1. The van der Waals surface area contributed by atoms with E-state index in [-0.39, 0.29) is 12.1 Å². The molecule has 0 saturated carbocycles. The lowest BCUT2D eigenvalue weighted by molar-refractivity contribution is -0.138. The summed E-state index contributed by atoms with van der Waals surface area (Å²) in [7, 11) is 0. The molecule has 0 N–H and O–H groups in total. The van der Waals surface area contributed by atoms with E-state index in [9.17, 15) is 4.79 Å². The monoisotopic (exact) mass is 208 g/mol. The van der Waals surface area contributed by atoms with Crippen molar-refractivity contribution < 1.29 is 9.53 Å². The van der Waals surface area contributed by atoms with E-state index in [2.05, 4.69) is 13.0 Å². The van der Waals surface area contributed by atoms with Gasteiger partial charge in [-0.25, -0.2) is 4.79 Å². The molecule has 1 rings (SSSR count). The Morgan fingerprint density at radius 3 is 2.80 bits per heavy atom. The average molecular weight is 208 g/mol. The average Bonchev–Trinajstić information content (AvgIpc) is 2.51. The number of esters is 1. The van der Waals surface area contributed by atoms with Gasteiger partial charge in [0.2, 0.25) is 0 Å². The number of unbranched alkanes of at least 4 members (excludes halogenated alkanes) is 4. The molecule has 2 heteroatoms. The predicted molar refractivity (Wildman–Crippen MR) is 61.5 cm³/mol. The first-order chi connectivity index (χ1) is 7.24. The van der Waals surface area contributed by atoms with Crippen LogP contribution in [0.25, 0.3) is 0 Å². The van der Waals surface area contributed by atoms with Gasteiger partial charge in [-0.2, -0.15) is 0 Å². The standard InChI is InChI=1S/C13H20O2/c1-3-4-5-6-7-8-9-12-10-11(2)15-13(12)14/h8-11H,3-7H2,1-2H3/b9-8+. The van der Waals surface area contributed by atoms with E-state index in [4.69, 9.17) is 4.74 Å². The molecule has 0 aromatic heterocycles. The van der Waals surface area contributed by atoms with E-state index in [0.717, 1.165) is 6.42 Å². The van der Waals surface area contributed by atoms with Gasteiger partial charge in [0.25, 0.3) is 0 Å². The number of cyclic esters (lactones) is 1. The highest BCUT2D eigenvalue weighted by molar-refractivity contribution is 5.93. The summed E-state index contributed by atoms with van der Waals surface area (Å²) in [5.74, 6) is -0.188. The molecule has 15 heavy (non-hydrogen) atoms. The van der Waals surface area contributed by atoms with Gasteiger partial charge in [0.15, 0.2) is 0 Å². The minimum absolute atomic E-state index is 0.0581. The summed E-state index contributed by atoms with van der Waals surface area (Å²) in [5, 5.41) is 0. The SMILES string of the molecule is CCCCCC/C=C/C1=CC(C)OC1=O. The van der Waals surface area contributed by atoms with Crippen molar-refractivity contribution >= 4 is 5.97 Å². The molecule has 0 radical (unpaired) electrons. The van der Waals surface area contributed by atoms with Gasteiger partial charge in [0, 0.05) is 0 Å². The topological polar surface area (TPSA) is 26.3 Å². The lowest BCUT2D eigenvalue weighted by Crippen LogP contribution is -2.02. The number of rotatable bonds is 6. The molecule has 1 aliphatic rings. The Hall–Kier alpha value is -1.05. The molecule has 2 nitrogen and oxygen atoms in total. The summed E-state index contributed by atoms with van der Waals surface area (Å²) in [4.78, 5) is 11.2. The van der Waals surface area contributed by atoms with Crippen LogP contribution in [0.15, 0.2) is 23.8 Å². The number of ether oxygens (including phenoxy) is 1. The number of hydrogen-bond acceptors (Lipinski definition) is 2. The second kappa shape index (κ2) is 6.44. The van der Waals surface area contributed by atoms with Crippen LogP contribution in [0.3, 0.4) is 0 Å². The molecule has 84 valence electrons. The highest BCUT2D eigenvalue weighted by Crippen LogP contribution is 2.14. The second-order valence-corrected chi connectivity index (χ2v) is 3.98. The summed E-state index contributed by atoms with van der Waals surface area (Å²) >= 11 is 0. The molecule has 0 aliphatic carbocycles. The van der Waals surface area contributed by atoms with Crippen molar-refractivity contribution in [3.05, 3.63) is 23.8 Å². The molecule has 1 unspecified atom stereocenters. The maximum atomic E-state index is 11.2. The van der Waals surface area contributed by atoms with E-state index in [1.165, 1.54) is 25.7 Å². The van der Waals surface area contributed by atoms with Gasteiger partial charge in [-0.1, -0.05) is 38.3 Å². The van der Waals surface area contributed by atoms with Crippen LogP contribution in [0.5, 0.6) is 0 Å². The third-order valence-corrected chi connectivity index (χ3v) is 2.46. The van der Waals surface area contributed by atoms with Crippen LogP contribution >= 0.6 is 0 Å². The smallest absolute Gasteiger partial charge is 0.338 e. The molecular weight excluding hydrogens is 188 g/mol. The van der Waals surface area contributed by atoms with Crippen molar-refractivity contribution in [3.8, 4) is 0 Å². The minimum Gasteiger partial charge on any atom is -0.455 e. The highest BCUT2D eigenvalue weighted by Gasteiger charge is 2.19. The normalized spacial score (nSPS) is 20.8. The Kier molecular flexibility index (Phi) is 5.16. The zero-order valence-electron chi connectivity index (χ0n) is 9.66. The van der Waals surface area contributed by atoms with Crippen molar-refractivity contribution in [1.82, 2.24) is 0 Å². The van der Waals surface area contributed by atoms with Gasteiger partial charge in [0.05, 0.1) is 5.57 Å². The van der Waals surface area contributed by atoms with Crippen LogP contribution in [0.2, 0.25) is 0 Å². The predicted octanol–water partition coefficient (Wildman–Crippen LogP) is 3.38. The van der Waals surface area contributed by atoms with Crippen LogP contribution in [0.1, 0.15) is 46.0 Å². The zero-order valence-corrected chi connectivity index (χ0v) is 9.66. The summed E-state index contributed by atoms with van der Waals surface area (Å²) in [6.07, 6.45) is 11.9. The maximum Gasteiger partial charge on any atom is 0.338 e. The molecule has 1 heterocycles. The lowest BCUT2D eigenvalue weighted by Gasteiger charge is -1.96. The van der Waals surface area contributed by atoms with Gasteiger partial charge in [-0.05, 0) is 25.8 Å². The molecule has 0 spiro atoms. The van der Waals surface area contributed by atoms with Crippen molar-refractivity contribution in [2.75, 3.05) is 0 Å². The van der Waals surface area contributed by atoms with Gasteiger partial charge in [-0.15, -0.1) is 0 Å². The molecule has 1 atom stereocenters. The first kappa shape index (κ1) is 12.0. The van der Waals surface area contributed by atoms with E-state index in [1.54, 1.807) is 0 Å². The summed E-state index contributed by atoms with van der Waals surface area (Å²) in [5.41, 5.74) is 0.706. The van der Waals surface area contributed by atoms with Crippen molar-refractivity contribution in [1.29, 1.82) is 0 Å². The Morgan fingerprint density at radius 1 is 1.40 bits per heavy atom. The quantitative estimate of drug-likeness (QED) is 0.494. The van der Waals surface area contributed by atoms with Gasteiger partial charge >= 0.3 is 5.97 Å². The van der Waals surface area contributed by atoms with Crippen LogP contribution in [0, 0.1) is 0 Å². The molecule has 0 saturated heterocycles. The van der Waals surface area contributed by atoms with E-state index >= 15 is 0 Å². The fourth-order valence-corrected chi connectivity index (χ4v) is 1.61. The summed E-state index contributed by atoms with van der Waals surface area (Å²) in [6.45, 7) is 4.08. The minimum atomic E-state index is -0.188. The van der Waals surface area contributed by atoms with E-state index < -0.39 is 0 Å². The molecule has 0 aromatic carbocycles. The van der Waals surface area contributed by atoms with Crippen molar-refractivity contribution in [3.63, 3.8) is 0 Å². The molecular formula is C13H20O2. The Bertz CT molecular complexity index is 264. The Morgan fingerprint density at radius 2 is 2.20 bits per heavy atom. The number of carbonyl (C=O) groups excluding carboxylic acids is 1. The Labute approximate surface area is 92.0 Å².